The summed E-state index contributed by atoms with van der Waals surface area (Å²) >= 11 is 0. The van der Waals surface area contributed by atoms with Crippen molar-refractivity contribution in [2.24, 2.45) is 5.14 Å². The molecule has 1 aromatic rings. The fourth-order valence-electron chi connectivity index (χ4n) is 1.05. The van der Waals surface area contributed by atoms with Crippen LogP contribution in [0.4, 0.5) is 0 Å². The first-order valence-corrected chi connectivity index (χ1v) is 5.77. The molecule has 0 spiro atoms. The summed E-state index contributed by atoms with van der Waals surface area (Å²) in [7, 11) is -3.97. The average Bonchev–Trinajstić information content (AvgIpc) is 2.17. The molecule has 0 saturated carbocycles. The zero-order chi connectivity index (χ0) is 11.5. The molecule has 82 valence electrons. The zero-order valence-corrected chi connectivity index (χ0v) is 8.91. The highest BCUT2D eigenvalue weighted by Gasteiger charge is 2.19. The Morgan fingerprint density at radius 2 is 2.27 bits per heavy atom. The summed E-state index contributed by atoms with van der Waals surface area (Å²) in [5.74, 6) is -0.505. The molecule has 1 rings (SSSR count). The van der Waals surface area contributed by atoms with Gasteiger partial charge in [-0.1, -0.05) is 0 Å². The van der Waals surface area contributed by atoms with Crippen molar-refractivity contribution in [2.75, 3.05) is 6.54 Å². The van der Waals surface area contributed by atoms with Gasteiger partial charge in [-0.25, -0.2) is 18.5 Å². The lowest BCUT2D eigenvalue weighted by atomic mass is 10.3. The number of carbonyl (C=O) groups is 1. The SMILES string of the molecule is CCNC(=O)c1cccnc1S(N)(=O)=O. The fourth-order valence-corrected chi connectivity index (χ4v) is 1.72. The van der Waals surface area contributed by atoms with Gasteiger partial charge in [-0.05, 0) is 19.1 Å². The monoisotopic (exact) mass is 229 g/mol. The van der Waals surface area contributed by atoms with E-state index >= 15 is 0 Å². The first kappa shape index (κ1) is 11.6. The van der Waals surface area contributed by atoms with Gasteiger partial charge >= 0.3 is 0 Å². The molecule has 0 aliphatic carbocycles. The molecule has 0 aliphatic heterocycles. The molecule has 1 aromatic heterocycles. The van der Waals surface area contributed by atoms with Crippen LogP contribution >= 0.6 is 0 Å². The Morgan fingerprint density at radius 1 is 1.60 bits per heavy atom. The molecule has 1 amide bonds. The Bertz CT molecular complexity index is 470. The van der Waals surface area contributed by atoms with E-state index in [9.17, 15) is 13.2 Å². The third-order valence-corrected chi connectivity index (χ3v) is 2.49. The van der Waals surface area contributed by atoms with Gasteiger partial charge in [0.05, 0.1) is 5.56 Å². The van der Waals surface area contributed by atoms with E-state index in [1.807, 2.05) is 0 Å². The highest BCUT2D eigenvalue weighted by atomic mass is 32.2. The summed E-state index contributed by atoms with van der Waals surface area (Å²) in [6.07, 6.45) is 1.27. The Morgan fingerprint density at radius 3 is 2.80 bits per heavy atom. The normalized spacial score (nSPS) is 11.1. The van der Waals surface area contributed by atoms with Crippen molar-refractivity contribution in [2.45, 2.75) is 11.9 Å². The molecular formula is C8H11N3O3S. The molecule has 6 nitrogen and oxygen atoms in total. The highest BCUT2D eigenvalue weighted by molar-refractivity contribution is 7.89. The van der Waals surface area contributed by atoms with Crippen molar-refractivity contribution >= 4 is 15.9 Å². The number of hydrogen-bond acceptors (Lipinski definition) is 4. The standard InChI is InChI=1S/C8H11N3O3S/c1-2-10-7(12)6-4-3-5-11-8(6)15(9,13)14/h3-5H,2H2,1H3,(H,10,12)(H2,9,13,14). The zero-order valence-electron chi connectivity index (χ0n) is 8.10. The van der Waals surface area contributed by atoms with E-state index in [-0.39, 0.29) is 5.56 Å². The number of nitrogens with two attached hydrogens (primary N) is 1. The van der Waals surface area contributed by atoms with E-state index in [4.69, 9.17) is 5.14 Å². The van der Waals surface area contributed by atoms with Gasteiger partial charge in [-0.3, -0.25) is 4.79 Å². The summed E-state index contributed by atoms with van der Waals surface area (Å²) in [6.45, 7) is 2.13. The Labute approximate surface area is 87.6 Å². The number of hydrogen-bond donors (Lipinski definition) is 2. The van der Waals surface area contributed by atoms with Gasteiger partial charge < -0.3 is 5.32 Å². The number of nitrogens with one attached hydrogen (secondary N) is 1. The number of aromatic nitrogens is 1. The number of nitrogens with zero attached hydrogens (tertiary/aromatic N) is 1. The smallest absolute Gasteiger partial charge is 0.256 e. The van der Waals surface area contributed by atoms with Gasteiger partial charge in [0.25, 0.3) is 15.9 Å². The molecule has 0 aliphatic rings. The van der Waals surface area contributed by atoms with Crippen LogP contribution < -0.4 is 10.5 Å². The van der Waals surface area contributed by atoms with Gasteiger partial charge in [0.1, 0.15) is 0 Å². The Hall–Kier alpha value is -1.47. The van der Waals surface area contributed by atoms with Crippen LogP contribution in [-0.2, 0) is 10.0 Å². The van der Waals surface area contributed by atoms with E-state index in [0.717, 1.165) is 0 Å². The number of pyridine rings is 1. The molecular weight excluding hydrogens is 218 g/mol. The van der Waals surface area contributed by atoms with Gasteiger partial charge in [0.2, 0.25) is 0 Å². The topological polar surface area (TPSA) is 102 Å². The van der Waals surface area contributed by atoms with Gasteiger partial charge in [-0.15, -0.1) is 0 Å². The van der Waals surface area contributed by atoms with Gasteiger partial charge in [-0.2, -0.15) is 0 Å². The lowest BCUT2D eigenvalue weighted by Gasteiger charge is -2.05. The predicted octanol–water partition coefficient (Wildman–Crippen LogP) is -0.521. The molecule has 0 radical (unpaired) electrons. The molecule has 0 fully saturated rings. The molecule has 0 saturated heterocycles. The van der Waals surface area contributed by atoms with Gasteiger partial charge in [0.15, 0.2) is 5.03 Å². The number of sulfonamides is 1. The summed E-state index contributed by atoms with van der Waals surface area (Å²) in [5, 5.41) is 6.99. The van der Waals surface area contributed by atoms with Crippen molar-refractivity contribution in [3.63, 3.8) is 0 Å². The summed E-state index contributed by atoms with van der Waals surface area (Å²) in [4.78, 5) is 15.0. The van der Waals surface area contributed by atoms with E-state index in [1.54, 1.807) is 6.92 Å². The van der Waals surface area contributed by atoms with Crippen LogP contribution in [-0.4, -0.2) is 25.9 Å². The quantitative estimate of drug-likeness (QED) is 0.727. The molecule has 0 unspecified atom stereocenters. The summed E-state index contributed by atoms with van der Waals surface area (Å²) < 4.78 is 22.2. The molecule has 0 atom stereocenters. The second-order valence-electron chi connectivity index (χ2n) is 2.76. The molecule has 7 heteroatoms. The third-order valence-electron chi connectivity index (χ3n) is 1.62. The number of rotatable bonds is 3. The van der Waals surface area contributed by atoms with Crippen LogP contribution in [0.15, 0.2) is 23.4 Å². The largest absolute Gasteiger partial charge is 0.352 e. The first-order valence-electron chi connectivity index (χ1n) is 4.23. The Balaban J connectivity index is 3.25. The van der Waals surface area contributed by atoms with Crippen LogP contribution in [0.1, 0.15) is 17.3 Å². The molecule has 3 N–H and O–H groups in total. The maximum atomic E-state index is 11.4. The maximum absolute atomic E-state index is 11.4. The van der Waals surface area contributed by atoms with E-state index in [1.165, 1.54) is 18.3 Å². The second-order valence-corrected chi connectivity index (χ2v) is 4.24. The maximum Gasteiger partial charge on any atom is 0.256 e. The van der Waals surface area contributed by atoms with Crippen LogP contribution in [0.25, 0.3) is 0 Å². The lowest BCUT2D eigenvalue weighted by Crippen LogP contribution is -2.27. The van der Waals surface area contributed by atoms with Crippen molar-refractivity contribution in [1.82, 2.24) is 10.3 Å². The minimum Gasteiger partial charge on any atom is -0.352 e. The molecule has 0 bridgehead atoms. The van der Waals surface area contributed by atoms with Crippen molar-refractivity contribution in [3.8, 4) is 0 Å². The third kappa shape index (κ3) is 2.74. The molecule has 1 heterocycles. The minimum absolute atomic E-state index is 0.0400. The van der Waals surface area contributed by atoms with Gasteiger partial charge in [0, 0.05) is 12.7 Å². The van der Waals surface area contributed by atoms with Crippen molar-refractivity contribution < 1.29 is 13.2 Å². The Kier molecular flexibility index (Phi) is 3.38. The first-order chi connectivity index (χ1) is 6.96. The van der Waals surface area contributed by atoms with Crippen molar-refractivity contribution in [1.29, 1.82) is 0 Å². The van der Waals surface area contributed by atoms with Crippen LogP contribution in [0, 0.1) is 0 Å². The average molecular weight is 229 g/mol. The number of amides is 1. The van der Waals surface area contributed by atoms with Crippen LogP contribution in [0.5, 0.6) is 0 Å². The lowest BCUT2D eigenvalue weighted by molar-refractivity contribution is 0.0951. The predicted molar refractivity (Wildman–Crippen MR) is 53.6 cm³/mol. The number of carbonyl (C=O) groups excluding carboxylic acids is 1. The second kappa shape index (κ2) is 4.37. The molecule has 0 aromatic carbocycles. The van der Waals surface area contributed by atoms with Crippen molar-refractivity contribution in [3.05, 3.63) is 23.9 Å². The number of primary sulfonamides is 1. The summed E-state index contributed by atoms with van der Waals surface area (Å²) in [6, 6.07) is 2.83. The van der Waals surface area contributed by atoms with E-state index in [2.05, 4.69) is 10.3 Å². The summed E-state index contributed by atoms with van der Waals surface area (Å²) in [5.41, 5.74) is -0.0400. The minimum atomic E-state index is -3.97. The molecule has 15 heavy (non-hydrogen) atoms. The fraction of sp³-hybridized carbons (Fsp3) is 0.250. The highest BCUT2D eigenvalue weighted by Crippen LogP contribution is 2.09. The van der Waals surface area contributed by atoms with Crippen LogP contribution in [0.3, 0.4) is 0 Å². The van der Waals surface area contributed by atoms with Crippen LogP contribution in [0.2, 0.25) is 0 Å². The van der Waals surface area contributed by atoms with E-state index in [0.29, 0.717) is 6.54 Å². The van der Waals surface area contributed by atoms with E-state index < -0.39 is 21.0 Å².